The smallest absolute Gasteiger partial charge is 0.412 e. The van der Waals surface area contributed by atoms with Crippen LogP contribution in [0.5, 0.6) is 0 Å². The molecular formula is C15H22N2O3. The van der Waals surface area contributed by atoms with Crippen LogP contribution in [0.15, 0.2) is 24.3 Å². The summed E-state index contributed by atoms with van der Waals surface area (Å²) in [6, 6.07) is 7.64. The minimum Gasteiger partial charge on any atom is -0.444 e. The maximum Gasteiger partial charge on any atom is 0.412 e. The summed E-state index contributed by atoms with van der Waals surface area (Å²) in [5, 5.41) is 6.08. The van der Waals surface area contributed by atoms with Crippen molar-refractivity contribution in [3.8, 4) is 0 Å². The van der Waals surface area contributed by atoms with E-state index in [2.05, 4.69) is 10.6 Å². The summed E-state index contributed by atoms with van der Waals surface area (Å²) >= 11 is 0. The molecule has 1 aliphatic heterocycles. The first-order valence-electron chi connectivity index (χ1n) is 6.87. The van der Waals surface area contributed by atoms with Crippen LogP contribution in [0, 0.1) is 0 Å². The van der Waals surface area contributed by atoms with Crippen molar-refractivity contribution in [3.63, 3.8) is 0 Å². The fourth-order valence-electron chi connectivity index (χ4n) is 2.07. The van der Waals surface area contributed by atoms with Crippen LogP contribution in [0.3, 0.4) is 0 Å². The molecule has 2 rings (SSSR count). The number of morpholine rings is 1. The average molecular weight is 278 g/mol. The van der Waals surface area contributed by atoms with Gasteiger partial charge in [-0.3, -0.25) is 5.32 Å². The zero-order valence-electron chi connectivity index (χ0n) is 12.2. The highest BCUT2D eigenvalue weighted by molar-refractivity contribution is 5.86. The van der Waals surface area contributed by atoms with E-state index in [1.165, 1.54) is 0 Å². The summed E-state index contributed by atoms with van der Waals surface area (Å²) in [4.78, 5) is 11.9. The van der Waals surface area contributed by atoms with Crippen molar-refractivity contribution < 1.29 is 14.3 Å². The monoisotopic (exact) mass is 278 g/mol. The zero-order valence-corrected chi connectivity index (χ0v) is 12.2. The van der Waals surface area contributed by atoms with Gasteiger partial charge in [0.05, 0.1) is 12.7 Å². The Morgan fingerprint density at radius 2 is 2.15 bits per heavy atom. The van der Waals surface area contributed by atoms with Gasteiger partial charge in [0.1, 0.15) is 5.60 Å². The van der Waals surface area contributed by atoms with Crippen LogP contribution in [0.2, 0.25) is 0 Å². The Kier molecular flexibility index (Phi) is 4.62. The van der Waals surface area contributed by atoms with E-state index in [1.807, 2.05) is 45.0 Å². The summed E-state index contributed by atoms with van der Waals surface area (Å²) in [6.45, 7) is 7.79. The van der Waals surface area contributed by atoms with E-state index in [0.717, 1.165) is 24.3 Å². The molecule has 1 fully saturated rings. The van der Waals surface area contributed by atoms with E-state index in [-0.39, 0.29) is 6.10 Å². The number of benzene rings is 1. The lowest BCUT2D eigenvalue weighted by Crippen LogP contribution is -2.34. The fourth-order valence-corrected chi connectivity index (χ4v) is 2.07. The van der Waals surface area contributed by atoms with Crippen molar-refractivity contribution in [1.82, 2.24) is 5.32 Å². The van der Waals surface area contributed by atoms with Crippen LogP contribution in [-0.2, 0) is 9.47 Å². The van der Waals surface area contributed by atoms with Crippen molar-refractivity contribution in [2.24, 2.45) is 0 Å². The van der Waals surface area contributed by atoms with Gasteiger partial charge in [0, 0.05) is 24.3 Å². The lowest BCUT2D eigenvalue weighted by molar-refractivity contribution is 0.0280. The topological polar surface area (TPSA) is 59.6 Å². The van der Waals surface area contributed by atoms with Crippen molar-refractivity contribution in [2.45, 2.75) is 32.5 Å². The Labute approximate surface area is 119 Å². The van der Waals surface area contributed by atoms with E-state index < -0.39 is 11.7 Å². The molecule has 1 aromatic rings. The van der Waals surface area contributed by atoms with Crippen LogP contribution < -0.4 is 10.6 Å². The highest BCUT2D eigenvalue weighted by Gasteiger charge is 2.21. The van der Waals surface area contributed by atoms with Crippen molar-refractivity contribution in [2.75, 3.05) is 25.0 Å². The van der Waals surface area contributed by atoms with Crippen molar-refractivity contribution in [3.05, 3.63) is 29.8 Å². The zero-order chi connectivity index (χ0) is 14.6. The maximum absolute atomic E-state index is 11.9. The lowest BCUT2D eigenvalue weighted by atomic mass is 10.1. The van der Waals surface area contributed by atoms with Gasteiger partial charge in [-0.2, -0.15) is 0 Å². The largest absolute Gasteiger partial charge is 0.444 e. The van der Waals surface area contributed by atoms with E-state index in [1.54, 1.807) is 0 Å². The molecule has 110 valence electrons. The number of hydrogen-bond donors (Lipinski definition) is 2. The molecule has 20 heavy (non-hydrogen) atoms. The number of para-hydroxylation sites is 1. The number of anilines is 1. The Bertz CT molecular complexity index is 462. The second-order valence-corrected chi connectivity index (χ2v) is 5.78. The molecule has 0 spiro atoms. The average Bonchev–Trinajstić information content (AvgIpc) is 2.38. The number of hydrogen-bond acceptors (Lipinski definition) is 4. The third kappa shape index (κ3) is 4.21. The molecular weight excluding hydrogens is 256 g/mol. The lowest BCUT2D eigenvalue weighted by Gasteiger charge is -2.26. The Morgan fingerprint density at radius 1 is 1.40 bits per heavy atom. The van der Waals surface area contributed by atoms with Crippen molar-refractivity contribution >= 4 is 11.8 Å². The van der Waals surface area contributed by atoms with Gasteiger partial charge in [0.25, 0.3) is 0 Å². The van der Waals surface area contributed by atoms with Gasteiger partial charge in [0.15, 0.2) is 0 Å². The number of rotatable bonds is 2. The molecule has 1 saturated heterocycles. The number of ether oxygens (including phenoxy) is 2. The van der Waals surface area contributed by atoms with Gasteiger partial charge >= 0.3 is 6.09 Å². The molecule has 1 aliphatic rings. The highest BCUT2D eigenvalue weighted by Crippen LogP contribution is 2.26. The Hall–Kier alpha value is -1.59. The second-order valence-electron chi connectivity index (χ2n) is 5.78. The van der Waals surface area contributed by atoms with Crippen molar-refractivity contribution in [1.29, 1.82) is 0 Å². The SMILES string of the molecule is CC(C)(C)OC(=O)Nc1ccccc1C1CNCCO1. The van der Waals surface area contributed by atoms with E-state index >= 15 is 0 Å². The van der Waals surface area contributed by atoms with Gasteiger partial charge in [-0.05, 0) is 26.8 Å². The predicted octanol–water partition coefficient (Wildman–Crippen LogP) is 2.69. The molecule has 2 N–H and O–H groups in total. The molecule has 0 bridgehead atoms. The number of nitrogens with one attached hydrogen (secondary N) is 2. The van der Waals surface area contributed by atoms with Crippen LogP contribution in [0.4, 0.5) is 10.5 Å². The maximum atomic E-state index is 11.9. The quantitative estimate of drug-likeness (QED) is 0.873. The summed E-state index contributed by atoms with van der Waals surface area (Å²) in [5.41, 5.74) is 1.18. The fraction of sp³-hybridized carbons (Fsp3) is 0.533. The third-order valence-electron chi connectivity index (χ3n) is 2.87. The van der Waals surface area contributed by atoms with Gasteiger partial charge in [-0.1, -0.05) is 18.2 Å². The van der Waals surface area contributed by atoms with Gasteiger partial charge in [-0.15, -0.1) is 0 Å². The molecule has 1 unspecified atom stereocenters. The normalized spacial score (nSPS) is 19.4. The number of carbonyl (C=O) groups excluding carboxylic acids is 1. The summed E-state index contributed by atoms with van der Waals surface area (Å²) < 4.78 is 11.0. The molecule has 0 radical (unpaired) electrons. The first-order valence-corrected chi connectivity index (χ1v) is 6.87. The van der Waals surface area contributed by atoms with E-state index in [0.29, 0.717) is 6.61 Å². The highest BCUT2D eigenvalue weighted by atomic mass is 16.6. The van der Waals surface area contributed by atoms with Crippen LogP contribution in [0.1, 0.15) is 32.4 Å². The summed E-state index contributed by atoms with van der Waals surface area (Å²) in [5.74, 6) is 0. The van der Waals surface area contributed by atoms with Gasteiger partial charge in [-0.25, -0.2) is 4.79 Å². The second kappa shape index (κ2) is 6.24. The predicted molar refractivity (Wildman–Crippen MR) is 77.9 cm³/mol. The standard InChI is InChI=1S/C15H22N2O3/c1-15(2,3)20-14(18)17-12-7-5-4-6-11(12)13-10-16-8-9-19-13/h4-7,13,16H,8-10H2,1-3H3,(H,17,18). The molecule has 5 heteroatoms. The summed E-state index contributed by atoms with van der Waals surface area (Å²) in [7, 11) is 0. The molecule has 0 aliphatic carbocycles. The molecule has 0 aromatic heterocycles. The number of carbonyl (C=O) groups is 1. The van der Waals surface area contributed by atoms with E-state index in [4.69, 9.17) is 9.47 Å². The minimum absolute atomic E-state index is 0.0464. The molecule has 1 heterocycles. The Balaban J connectivity index is 2.09. The third-order valence-corrected chi connectivity index (χ3v) is 2.87. The molecule has 0 saturated carbocycles. The molecule has 5 nitrogen and oxygen atoms in total. The first kappa shape index (κ1) is 14.8. The van der Waals surface area contributed by atoms with Crippen LogP contribution in [0.25, 0.3) is 0 Å². The summed E-state index contributed by atoms with van der Waals surface area (Å²) in [6.07, 6.45) is -0.497. The van der Waals surface area contributed by atoms with Gasteiger partial charge in [0.2, 0.25) is 0 Å². The first-order chi connectivity index (χ1) is 9.46. The molecule has 1 amide bonds. The van der Waals surface area contributed by atoms with Gasteiger partial charge < -0.3 is 14.8 Å². The molecule has 1 atom stereocenters. The minimum atomic E-state index is -0.512. The number of amides is 1. The van der Waals surface area contributed by atoms with Crippen LogP contribution >= 0.6 is 0 Å². The van der Waals surface area contributed by atoms with Crippen LogP contribution in [-0.4, -0.2) is 31.4 Å². The Morgan fingerprint density at radius 3 is 2.80 bits per heavy atom. The molecule has 1 aromatic carbocycles. The van der Waals surface area contributed by atoms with E-state index in [9.17, 15) is 4.79 Å².